The molecule has 2 aromatic heterocycles. The molecule has 4 aromatic rings. The number of hydrogen-bond donors (Lipinski definition) is 2. The van der Waals surface area contributed by atoms with Crippen LogP contribution in [-0.2, 0) is 9.63 Å². The van der Waals surface area contributed by atoms with E-state index in [0.717, 1.165) is 0 Å². The summed E-state index contributed by atoms with van der Waals surface area (Å²) in [4.78, 5) is 33.6. The van der Waals surface area contributed by atoms with Crippen molar-refractivity contribution in [1.82, 2.24) is 15.8 Å². The molecule has 1 saturated heterocycles. The molecule has 0 amide bonds. The first kappa shape index (κ1) is 21.2. The van der Waals surface area contributed by atoms with Gasteiger partial charge in [0.05, 0.1) is 19.0 Å². The molecule has 2 N–H and O–H groups in total. The molecule has 0 atom stereocenters. The van der Waals surface area contributed by atoms with Gasteiger partial charge < -0.3 is 9.57 Å². The Bertz CT molecular complexity index is 1440. The highest BCUT2D eigenvalue weighted by Crippen LogP contribution is 2.26. The number of thiazole rings is 1. The highest BCUT2D eigenvalue weighted by Gasteiger charge is 2.29. The quantitative estimate of drug-likeness (QED) is 0.245. The summed E-state index contributed by atoms with van der Waals surface area (Å²) in [5, 5.41) is 13.9. The van der Waals surface area contributed by atoms with Crippen molar-refractivity contribution in [2.45, 2.75) is 0 Å². The number of carbonyl (C=O) groups is 1. The number of carbonyl (C=O) groups excluding carboxylic acids is 1. The van der Waals surface area contributed by atoms with Crippen LogP contribution in [-0.4, -0.2) is 23.3 Å². The van der Waals surface area contributed by atoms with E-state index in [9.17, 15) is 9.59 Å². The maximum atomic E-state index is 12.3. The smallest absolute Gasteiger partial charge is 0.437 e. The van der Waals surface area contributed by atoms with Gasteiger partial charge in [0, 0.05) is 17.5 Å². The molecule has 0 spiro atoms. The van der Waals surface area contributed by atoms with Gasteiger partial charge in [-0.2, -0.15) is 5.11 Å². The number of azo groups is 1. The number of nitrogens with one attached hydrogen (secondary N) is 2. The maximum absolute atomic E-state index is 12.3. The van der Waals surface area contributed by atoms with E-state index in [-0.39, 0.29) is 16.5 Å². The van der Waals surface area contributed by atoms with Gasteiger partial charge in [-0.1, -0.05) is 23.8 Å². The molecule has 5 rings (SSSR count). The molecule has 1 aliphatic rings. The Morgan fingerprint density at radius 3 is 2.71 bits per heavy atom. The van der Waals surface area contributed by atoms with Crippen molar-refractivity contribution < 1.29 is 23.6 Å². The summed E-state index contributed by atoms with van der Waals surface area (Å²) in [6, 6.07) is 16.1. The van der Waals surface area contributed by atoms with Crippen molar-refractivity contribution in [3.63, 3.8) is 0 Å². The second-order valence-corrected chi connectivity index (χ2v) is 7.60. The SMILES string of the molecule is COc1ccc(-[n+]2[nH]oc(=O)c2-c2csc(N=N/C=C3\C(=O)ONN3c3ccccc3)n2)cc1. The third-order valence-electron chi connectivity index (χ3n) is 4.73. The molecular weight excluding hydrogens is 462 g/mol. The van der Waals surface area contributed by atoms with E-state index in [1.807, 2.05) is 18.2 Å². The fourth-order valence-corrected chi connectivity index (χ4v) is 3.74. The summed E-state index contributed by atoms with van der Waals surface area (Å²) in [6.07, 6.45) is 1.26. The van der Waals surface area contributed by atoms with E-state index in [2.05, 4.69) is 26.1 Å². The molecule has 0 aliphatic carbocycles. The zero-order valence-electron chi connectivity index (χ0n) is 17.5. The first-order valence-corrected chi connectivity index (χ1v) is 10.7. The highest BCUT2D eigenvalue weighted by molar-refractivity contribution is 7.13. The minimum atomic E-state index is -0.604. The van der Waals surface area contributed by atoms with E-state index in [4.69, 9.17) is 14.1 Å². The lowest BCUT2D eigenvalue weighted by molar-refractivity contribution is -0.660. The van der Waals surface area contributed by atoms with Gasteiger partial charge in [0.2, 0.25) is 10.8 Å². The molecule has 2 aromatic carbocycles. The Kier molecular flexibility index (Phi) is 5.68. The third-order valence-corrected chi connectivity index (χ3v) is 5.45. The number of H-pyrrole nitrogens is 1. The predicted molar refractivity (Wildman–Crippen MR) is 119 cm³/mol. The monoisotopic (exact) mass is 478 g/mol. The summed E-state index contributed by atoms with van der Waals surface area (Å²) in [5.74, 6) is 0.0717. The topological polar surface area (TPSA) is 138 Å². The number of ether oxygens (including phenoxy) is 1. The molecule has 34 heavy (non-hydrogen) atoms. The molecule has 1 aliphatic heterocycles. The fourth-order valence-electron chi connectivity index (χ4n) is 3.12. The first-order chi connectivity index (χ1) is 16.6. The van der Waals surface area contributed by atoms with E-state index in [1.54, 1.807) is 48.9 Å². The lowest BCUT2D eigenvalue weighted by atomic mass is 10.3. The van der Waals surface area contributed by atoms with Crippen LogP contribution in [0.3, 0.4) is 0 Å². The Hall–Kier alpha value is -4.62. The van der Waals surface area contributed by atoms with Crippen LogP contribution in [0.2, 0.25) is 0 Å². The number of anilines is 1. The number of aromatic amines is 1. The van der Waals surface area contributed by atoms with Crippen molar-refractivity contribution >= 4 is 28.1 Å². The summed E-state index contributed by atoms with van der Waals surface area (Å²) in [7, 11) is 1.57. The van der Waals surface area contributed by atoms with Crippen molar-refractivity contribution in [1.29, 1.82) is 0 Å². The standard InChI is InChI=1S/C21H15N7O5S/c1-31-15-9-7-14(8-10-15)28-18(20(30)33-26-28)16-12-34-21(23-16)24-22-11-17-19(29)32-25-27(17)13-5-3-2-4-6-13/h2-12,25H,1H3/p+1/b17-11+,24-22?. The molecule has 170 valence electrons. The van der Waals surface area contributed by atoms with Crippen molar-refractivity contribution in [2.24, 2.45) is 10.2 Å². The molecule has 0 radical (unpaired) electrons. The van der Waals surface area contributed by atoms with Crippen molar-refractivity contribution in [3.05, 3.63) is 82.3 Å². The molecular formula is C21H16N7O5S+. The second-order valence-electron chi connectivity index (χ2n) is 6.76. The maximum Gasteiger partial charge on any atom is 0.437 e. The van der Waals surface area contributed by atoms with Crippen LogP contribution >= 0.6 is 11.3 Å². The molecule has 3 heterocycles. The zero-order valence-corrected chi connectivity index (χ0v) is 18.4. The largest absolute Gasteiger partial charge is 0.497 e. The van der Waals surface area contributed by atoms with Gasteiger partial charge in [-0.25, -0.2) is 19.6 Å². The molecule has 0 unspecified atom stereocenters. The van der Waals surface area contributed by atoms with Gasteiger partial charge >= 0.3 is 17.3 Å². The number of hydrogen-bond acceptors (Lipinski definition) is 11. The Labute approximate surface area is 195 Å². The average molecular weight is 478 g/mol. The van der Waals surface area contributed by atoms with E-state index in [1.165, 1.54) is 27.2 Å². The number of rotatable bonds is 6. The zero-order chi connectivity index (χ0) is 23.5. The Morgan fingerprint density at radius 1 is 1.15 bits per heavy atom. The number of para-hydroxylation sites is 1. The van der Waals surface area contributed by atoms with Gasteiger partial charge in [-0.05, 0) is 34.2 Å². The number of methoxy groups -OCH3 is 1. The third kappa shape index (κ3) is 4.07. The van der Waals surface area contributed by atoms with Crippen LogP contribution in [0.1, 0.15) is 0 Å². The summed E-state index contributed by atoms with van der Waals surface area (Å²) in [6.45, 7) is 0. The second kappa shape index (κ2) is 9.09. The van der Waals surface area contributed by atoms with Crippen LogP contribution in [0.25, 0.3) is 17.1 Å². The Morgan fingerprint density at radius 2 is 1.94 bits per heavy atom. The van der Waals surface area contributed by atoms with Gasteiger partial charge in [0.15, 0.2) is 11.4 Å². The van der Waals surface area contributed by atoms with Gasteiger partial charge in [-0.15, -0.1) is 16.5 Å². The average Bonchev–Trinajstić information content (AvgIpc) is 3.59. The molecule has 0 saturated carbocycles. The van der Waals surface area contributed by atoms with Gasteiger partial charge in [0.25, 0.3) is 0 Å². The molecule has 1 fully saturated rings. The van der Waals surface area contributed by atoms with Crippen LogP contribution < -0.4 is 25.6 Å². The number of benzene rings is 2. The normalized spacial score (nSPS) is 14.8. The first-order valence-electron chi connectivity index (χ1n) is 9.81. The van der Waals surface area contributed by atoms with Crippen LogP contribution in [0.4, 0.5) is 10.8 Å². The van der Waals surface area contributed by atoms with Crippen LogP contribution in [0.5, 0.6) is 5.75 Å². The number of hydrazine groups is 1. The predicted octanol–water partition coefficient (Wildman–Crippen LogP) is 2.78. The number of nitrogens with zero attached hydrogens (tertiary/aromatic N) is 5. The van der Waals surface area contributed by atoms with E-state index in [0.29, 0.717) is 22.8 Å². The summed E-state index contributed by atoms with van der Waals surface area (Å²) >= 11 is 1.17. The van der Waals surface area contributed by atoms with Crippen LogP contribution in [0.15, 0.2) is 91.4 Å². The van der Waals surface area contributed by atoms with Gasteiger partial charge in [0.1, 0.15) is 5.75 Å². The lowest BCUT2D eigenvalue weighted by Gasteiger charge is -2.14. The van der Waals surface area contributed by atoms with E-state index < -0.39 is 11.6 Å². The summed E-state index contributed by atoms with van der Waals surface area (Å²) < 4.78 is 11.6. The minimum Gasteiger partial charge on any atom is -0.497 e. The fraction of sp³-hybridized carbons (Fsp3) is 0.0476. The highest BCUT2D eigenvalue weighted by atomic mass is 32.1. The van der Waals surface area contributed by atoms with Gasteiger partial charge in [-0.3, -0.25) is 4.52 Å². The Balaban J connectivity index is 1.39. The lowest BCUT2D eigenvalue weighted by Crippen LogP contribution is -2.36. The molecule has 0 bridgehead atoms. The summed E-state index contributed by atoms with van der Waals surface area (Å²) in [5.41, 5.74) is 3.96. The van der Waals surface area contributed by atoms with Crippen molar-refractivity contribution in [3.8, 4) is 22.8 Å². The van der Waals surface area contributed by atoms with Crippen LogP contribution in [0, 0.1) is 0 Å². The minimum absolute atomic E-state index is 0.148. The molecule has 13 heteroatoms. The van der Waals surface area contributed by atoms with Crippen molar-refractivity contribution in [2.75, 3.05) is 12.1 Å². The molecule has 12 nitrogen and oxygen atoms in total. The number of aromatic nitrogens is 3. The van der Waals surface area contributed by atoms with E-state index >= 15 is 0 Å².